The van der Waals surface area contributed by atoms with Crippen LogP contribution in [0.3, 0.4) is 0 Å². The highest BCUT2D eigenvalue weighted by Gasteiger charge is 2.04. The Morgan fingerprint density at radius 3 is 0.681 bits per heavy atom. The van der Waals surface area contributed by atoms with Gasteiger partial charge in [0.15, 0.2) is 0 Å². The Hall–Kier alpha value is -4.82. The molecule has 0 aromatic heterocycles. The van der Waals surface area contributed by atoms with E-state index in [4.69, 9.17) is 0 Å². The summed E-state index contributed by atoms with van der Waals surface area (Å²) in [6, 6.07) is 48.3. The number of unbranched alkanes of at least 4 members (excludes halogenated alkanes) is 6. The van der Waals surface area contributed by atoms with Gasteiger partial charge in [0.1, 0.15) is 11.6 Å². The quantitative estimate of drug-likeness (QED) is 0.106. The van der Waals surface area contributed by atoms with Crippen LogP contribution in [0.4, 0.5) is 8.78 Å². The lowest BCUT2D eigenvalue weighted by molar-refractivity contribution is 0.579. The van der Waals surface area contributed by atoms with Crippen molar-refractivity contribution < 1.29 is 8.78 Å². The molecule has 0 spiro atoms. The molecule has 0 fully saturated rings. The fourth-order valence-corrected chi connectivity index (χ4v) is 6.26. The molecule has 0 aliphatic heterocycles. The van der Waals surface area contributed by atoms with E-state index in [-0.39, 0.29) is 11.6 Å². The van der Waals surface area contributed by atoms with Gasteiger partial charge >= 0.3 is 0 Å². The van der Waals surface area contributed by atoms with Crippen molar-refractivity contribution in [1.82, 2.24) is 0 Å². The molecule has 47 heavy (non-hydrogen) atoms. The summed E-state index contributed by atoms with van der Waals surface area (Å²) in [4.78, 5) is 0. The van der Waals surface area contributed by atoms with Crippen LogP contribution in [0.15, 0.2) is 146 Å². The third kappa shape index (κ3) is 9.14. The molecule has 0 heterocycles. The zero-order valence-electron chi connectivity index (χ0n) is 27.0. The molecule has 2 heteroatoms. The molecule has 0 bridgehead atoms. The van der Waals surface area contributed by atoms with Gasteiger partial charge in [-0.15, -0.1) is 0 Å². The predicted octanol–water partition coefficient (Wildman–Crippen LogP) is 13.1. The smallest absolute Gasteiger partial charge is 0.123 e. The molecular weight excluding hydrogens is 578 g/mol. The third-order valence-corrected chi connectivity index (χ3v) is 9.13. The lowest BCUT2D eigenvalue weighted by Crippen LogP contribution is -1.89. The van der Waals surface area contributed by atoms with E-state index in [9.17, 15) is 8.78 Å². The van der Waals surface area contributed by atoms with Crippen molar-refractivity contribution in [3.63, 3.8) is 0 Å². The van der Waals surface area contributed by atoms with Gasteiger partial charge in [0.2, 0.25) is 0 Å². The van der Waals surface area contributed by atoms with Crippen LogP contribution >= 0.6 is 0 Å². The van der Waals surface area contributed by atoms with Crippen LogP contribution in [-0.2, 0) is 12.8 Å². The molecule has 6 aromatic rings. The van der Waals surface area contributed by atoms with Crippen LogP contribution in [0.1, 0.15) is 56.1 Å². The molecule has 0 saturated carbocycles. The number of halogens is 2. The van der Waals surface area contributed by atoms with E-state index in [0.717, 1.165) is 35.1 Å². The summed E-state index contributed by atoms with van der Waals surface area (Å²) in [6.07, 6.45) is 11.3. The predicted molar refractivity (Wildman–Crippen MR) is 194 cm³/mol. The van der Waals surface area contributed by atoms with Crippen LogP contribution in [-0.4, -0.2) is 0 Å². The van der Waals surface area contributed by atoms with Gasteiger partial charge in [-0.1, -0.05) is 153 Å². The Balaban J connectivity index is 0.841. The first-order valence-electron chi connectivity index (χ1n) is 17.0. The molecule has 0 aliphatic rings. The first kappa shape index (κ1) is 32.1. The average molecular weight is 621 g/mol. The van der Waals surface area contributed by atoms with Crippen LogP contribution in [0.5, 0.6) is 0 Å². The molecule has 236 valence electrons. The Kier molecular flexibility index (Phi) is 11.0. The second-order valence-electron chi connectivity index (χ2n) is 12.5. The monoisotopic (exact) mass is 620 g/mol. The summed E-state index contributed by atoms with van der Waals surface area (Å²) in [6.45, 7) is 0. The van der Waals surface area contributed by atoms with E-state index in [1.807, 2.05) is 24.3 Å². The number of hydrogen-bond acceptors (Lipinski definition) is 0. The lowest BCUT2D eigenvalue weighted by Gasteiger charge is -2.07. The summed E-state index contributed by atoms with van der Waals surface area (Å²) in [5, 5.41) is 0. The normalized spacial score (nSPS) is 11.1. The largest absolute Gasteiger partial charge is 0.207 e. The molecule has 0 saturated heterocycles. The molecule has 0 atom stereocenters. The maximum Gasteiger partial charge on any atom is 0.123 e. The Morgan fingerprint density at radius 1 is 0.234 bits per heavy atom. The van der Waals surface area contributed by atoms with E-state index in [0.29, 0.717) is 0 Å². The van der Waals surface area contributed by atoms with Gasteiger partial charge in [0.25, 0.3) is 0 Å². The Labute approximate surface area is 278 Å². The molecule has 0 nitrogen and oxygen atoms in total. The zero-order chi connectivity index (χ0) is 32.3. The number of hydrogen-bond donors (Lipinski definition) is 0. The van der Waals surface area contributed by atoms with Crippen molar-refractivity contribution in [3.05, 3.63) is 168 Å². The van der Waals surface area contributed by atoms with Crippen molar-refractivity contribution >= 4 is 0 Å². The molecule has 0 amide bonds. The zero-order valence-corrected chi connectivity index (χ0v) is 27.0. The van der Waals surface area contributed by atoms with Crippen LogP contribution in [0.25, 0.3) is 44.5 Å². The van der Waals surface area contributed by atoms with Gasteiger partial charge in [-0.25, -0.2) is 8.78 Å². The van der Waals surface area contributed by atoms with Crippen LogP contribution < -0.4 is 0 Å². The summed E-state index contributed by atoms with van der Waals surface area (Å²) >= 11 is 0. The van der Waals surface area contributed by atoms with Gasteiger partial charge in [0, 0.05) is 0 Å². The number of aryl methyl sites for hydroxylation is 2. The van der Waals surface area contributed by atoms with Crippen molar-refractivity contribution in [2.45, 2.75) is 57.8 Å². The molecule has 0 radical (unpaired) electrons. The fourth-order valence-electron chi connectivity index (χ4n) is 6.26. The highest BCUT2D eigenvalue weighted by molar-refractivity contribution is 5.71. The molecule has 0 N–H and O–H groups in total. The minimum atomic E-state index is -0.207. The summed E-state index contributed by atoms with van der Waals surface area (Å²) in [5.41, 5.74) is 11.9. The van der Waals surface area contributed by atoms with Crippen LogP contribution in [0, 0.1) is 11.6 Å². The highest BCUT2D eigenvalue weighted by atomic mass is 19.1. The third-order valence-electron chi connectivity index (χ3n) is 9.13. The molecule has 6 aromatic carbocycles. The molecule has 0 unspecified atom stereocenters. The van der Waals surface area contributed by atoms with Crippen LogP contribution in [0.2, 0.25) is 0 Å². The SMILES string of the molecule is Fc1ccc(-c2ccc(-c3ccc(CCCCCCCCCc4ccc(-c5ccc(-c6ccc(F)cc6)cc5)cc4)cc3)cc2)cc1. The van der Waals surface area contributed by atoms with Gasteiger partial charge in [0.05, 0.1) is 0 Å². The summed E-state index contributed by atoms with van der Waals surface area (Å²) in [7, 11) is 0. The Bertz CT molecular complexity index is 1660. The topological polar surface area (TPSA) is 0 Å². The van der Waals surface area contributed by atoms with E-state index in [1.54, 1.807) is 0 Å². The van der Waals surface area contributed by atoms with Crippen molar-refractivity contribution in [2.75, 3.05) is 0 Å². The minimum Gasteiger partial charge on any atom is -0.207 e. The van der Waals surface area contributed by atoms with Gasteiger partial charge in [-0.2, -0.15) is 0 Å². The van der Waals surface area contributed by atoms with Gasteiger partial charge in [-0.3, -0.25) is 0 Å². The van der Waals surface area contributed by atoms with E-state index >= 15 is 0 Å². The van der Waals surface area contributed by atoms with E-state index < -0.39 is 0 Å². The maximum atomic E-state index is 13.2. The second-order valence-corrected chi connectivity index (χ2v) is 12.5. The number of benzene rings is 6. The molecule has 6 rings (SSSR count). The second kappa shape index (κ2) is 16.1. The van der Waals surface area contributed by atoms with Crippen molar-refractivity contribution in [1.29, 1.82) is 0 Å². The maximum absolute atomic E-state index is 13.2. The first-order valence-corrected chi connectivity index (χ1v) is 17.0. The van der Waals surface area contributed by atoms with Crippen molar-refractivity contribution in [3.8, 4) is 44.5 Å². The summed E-state index contributed by atoms with van der Waals surface area (Å²) < 4.78 is 26.4. The standard InChI is InChI=1S/C45H42F2/c46-44-30-26-42(27-31-44)40-22-18-38(19-23-40)36-14-10-34(11-15-36)8-6-4-2-1-3-5-7-9-35-12-16-37(17-13-35)39-20-24-41(25-21-39)43-28-32-45(47)33-29-43/h10-33H,1-9H2. The van der Waals surface area contributed by atoms with Crippen molar-refractivity contribution in [2.24, 2.45) is 0 Å². The Morgan fingerprint density at radius 2 is 0.426 bits per heavy atom. The molecule has 0 aliphatic carbocycles. The number of rotatable bonds is 14. The highest BCUT2D eigenvalue weighted by Crippen LogP contribution is 2.27. The van der Waals surface area contributed by atoms with Gasteiger partial charge in [-0.05, 0) is 106 Å². The summed E-state index contributed by atoms with van der Waals surface area (Å²) in [5.74, 6) is -0.414. The first-order chi connectivity index (χ1) is 23.1. The van der Waals surface area contributed by atoms with Gasteiger partial charge < -0.3 is 0 Å². The van der Waals surface area contributed by atoms with E-state index in [1.165, 1.54) is 103 Å². The van der Waals surface area contributed by atoms with E-state index in [2.05, 4.69) is 97.1 Å². The molecular formula is C45H42F2. The fraction of sp³-hybridized carbons (Fsp3) is 0.200. The minimum absolute atomic E-state index is 0.207. The average Bonchev–Trinajstić information content (AvgIpc) is 3.12. The lowest BCUT2D eigenvalue weighted by atomic mass is 9.98.